The van der Waals surface area contributed by atoms with Crippen LogP contribution in [0.4, 0.5) is 10.5 Å². The van der Waals surface area contributed by atoms with Crippen LogP contribution in [0.3, 0.4) is 0 Å². The molecule has 172 valence electrons. The van der Waals surface area contributed by atoms with E-state index in [9.17, 15) is 24.6 Å². The van der Waals surface area contributed by atoms with Crippen molar-refractivity contribution in [3.8, 4) is 22.6 Å². The van der Waals surface area contributed by atoms with E-state index in [1.54, 1.807) is 38.3 Å². The van der Waals surface area contributed by atoms with Gasteiger partial charge in [-0.1, -0.05) is 36.1 Å². The van der Waals surface area contributed by atoms with Crippen LogP contribution >= 0.6 is 0 Å². The van der Waals surface area contributed by atoms with Gasteiger partial charge in [-0.05, 0) is 47.9 Å². The minimum Gasteiger partial charge on any atom is -0.871 e. The van der Waals surface area contributed by atoms with E-state index < -0.39 is 41.5 Å². The minimum atomic E-state index is -1.37. The zero-order chi connectivity index (χ0) is 24.1. The molecule has 2 amide bonds. The Morgan fingerprint density at radius 1 is 1.06 bits per heavy atom. The molecule has 0 bridgehead atoms. The standard InChI is InChI=1S/C24H25N3O6.2Na/c1-14-10-20(28)22(23(31)27(14)2)26-24(32)25-19(13-21(29)30)17-8-4-6-15(11-17)16-7-5-9-18(12-16)33-3;;/h4-12,19,28H,13H2,1-3H3,(H,29,30)(H2,25,26,32);;/q;2*+1/p-2/t19-;;/m0../s1. The number of carboxylic acid groups (broad SMARTS) is 1. The number of urea groups is 1. The second-order valence-corrected chi connectivity index (χ2v) is 7.47. The van der Waals surface area contributed by atoms with Gasteiger partial charge >= 0.3 is 65.1 Å². The van der Waals surface area contributed by atoms with Crippen LogP contribution in [-0.4, -0.2) is 23.7 Å². The summed E-state index contributed by atoms with van der Waals surface area (Å²) >= 11 is 0. The van der Waals surface area contributed by atoms with Crippen LogP contribution in [0.25, 0.3) is 11.1 Å². The Balaban J connectivity index is 0.00000306. The second-order valence-electron chi connectivity index (χ2n) is 7.47. The van der Waals surface area contributed by atoms with E-state index in [1.807, 2.05) is 24.3 Å². The molecule has 2 aromatic carbocycles. The largest absolute Gasteiger partial charge is 1.00 e. The molecule has 0 fully saturated rings. The van der Waals surface area contributed by atoms with Gasteiger partial charge in [0.2, 0.25) is 0 Å². The maximum atomic E-state index is 12.6. The fourth-order valence-corrected chi connectivity index (χ4v) is 3.37. The fraction of sp³-hybridized carbons (Fsp3) is 0.208. The number of hydrogen-bond acceptors (Lipinski definition) is 6. The van der Waals surface area contributed by atoms with E-state index >= 15 is 0 Å². The van der Waals surface area contributed by atoms with Crippen molar-refractivity contribution in [3.05, 3.63) is 76.2 Å². The Hall–Kier alpha value is -2.27. The summed E-state index contributed by atoms with van der Waals surface area (Å²) in [4.78, 5) is 36.3. The quantitative estimate of drug-likeness (QED) is 0.317. The Kier molecular flexibility index (Phi) is 12.1. The van der Waals surface area contributed by atoms with Crippen molar-refractivity contribution < 1.29 is 83.7 Å². The van der Waals surface area contributed by atoms with Crippen LogP contribution in [0.1, 0.15) is 23.7 Å². The van der Waals surface area contributed by atoms with Crippen LogP contribution in [0.2, 0.25) is 0 Å². The van der Waals surface area contributed by atoms with Gasteiger partial charge in [0.25, 0.3) is 5.56 Å². The van der Waals surface area contributed by atoms with Gasteiger partial charge in [0, 0.05) is 25.1 Å². The number of carboxylic acids is 1. The number of nitrogens with zero attached hydrogens (tertiary/aromatic N) is 1. The predicted octanol–water partition coefficient (Wildman–Crippen LogP) is -4.55. The molecular weight excluding hydrogens is 472 g/mol. The number of ether oxygens (including phenoxy) is 1. The smallest absolute Gasteiger partial charge is 0.871 e. The molecule has 1 heterocycles. The van der Waals surface area contributed by atoms with Gasteiger partial charge in [0.05, 0.1) is 13.2 Å². The molecule has 0 radical (unpaired) electrons. The first kappa shape index (κ1) is 30.8. The van der Waals surface area contributed by atoms with Crippen LogP contribution < -0.4 is 90.3 Å². The zero-order valence-corrected chi connectivity index (χ0v) is 24.4. The summed E-state index contributed by atoms with van der Waals surface area (Å²) in [5.41, 5.74) is 1.50. The van der Waals surface area contributed by atoms with Gasteiger partial charge in [0.1, 0.15) is 11.4 Å². The molecule has 0 aliphatic rings. The van der Waals surface area contributed by atoms with Gasteiger partial charge in [-0.15, -0.1) is 0 Å². The van der Waals surface area contributed by atoms with Gasteiger partial charge in [-0.25, -0.2) is 4.79 Å². The molecular formula is C24H23N3Na2O6. The molecule has 0 saturated heterocycles. The van der Waals surface area contributed by atoms with E-state index in [1.165, 1.54) is 17.7 Å². The van der Waals surface area contributed by atoms with E-state index in [0.29, 0.717) is 17.0 Å². The van der Waals surface area contributed by atoms with Crippen molar-refractivity contribution in [1.82, 2.24) is 9.88 Å². The van der Waals surface area contributed by atoms with Gasteiger partial charge in [-0.3, -0.25) is 4.79 Å². The summed E-state index contributed by atoms with van der Waals surface area (Å²) in [7, 11) is 3.03. The maximum absolute atomic E-state index is 12.6. The number of nitrogens with one attached hydrogen (secondary N) is 2. The first-order valence-electron chi connectivity index (χ1n) is 10.1. The van der Waals surface area contributed by atoms with E-state index in [-0.39, 0.29) is 59.1 Å². The molecule has 1 atom stereocenters. The third kappa shape index (κ3) is 7.86. The number of hydrogen-bond donors (Lipinski definition) is 2. The fourth-order valence-electron chi connectivity index (χ4n) is 3.37. The summed E-state index contributed by atoms with van der Waals surface area (Å²) in [5, 5.41) is 28.3. The predicted molar refractivity (Wildman–Crippen MR) is 119 cm³/mol. The molecule has 1 aromatic heterocycles. The number of aliphatic carboxylic acids is 1. The van der Waals surface area contributed by atoms with E-state index in [2.05, 4.69) is 10.6 Å². The average Bonchev–Trinajstić information content (AvgIpc) is 2.80. The number of aryl methyl sites for hydroxylation is 1. The molecule has 0 saturated carbocycles. The van der Waals surface area contributed by atoms with Crippen molar-refractivity contribution >= 4 is 17.7 Å². The van der Waals surface area contributed by atoms with Crippen molar-refractivity contribution in [2.45, 2.75) is 19.4 Å². The van der Waals surface area contributed by atoms with Crippen molar-refractivity contribution in [3.63, 3.8) is 0 Å². The first-order valence-corrected chi connectivity index (χ1v) is 10.1. The van der Waals surface area contributed by atoms with Crippen molar-refractivity contribution in [2.24, 2.45) is 7.05 Å². The van der Waals surface area contributed by atoms with Crippen molar-refractivity contribution in [1.29, 1.82) is 0 Å². The maximum Gasteiger partial charge on any atom is 1.00 e. The first-order chi connectivity index (χ1) is 15.7. The van der Waals surface area contributed by atoms with Gasteiger partial charge < -0.3 is 34.9 Å². The topological polar surface area (TPSA) is 136 Å². The molecule has 11 heteroatoms. The van der Waals surface area contributed by atoms with E-state index in [4.69, 9.17) is 4.74 Å². The molecule has 0 aliphatic heterocycles. The van der Waals surface area contributed by atoms with Crippen molar-refractivity contribution in [2.75, 3.05) is 12.4 Å². The average molecular weight is 495 g/mol. The Morgan fingerprint density at radius 3 is 2.31 bits per heavy atom. The number of aromatic nitrogens is 1. The number of carbonyl (C=O) groups is 2. The second kappa shape index (κ2) is 13.7. The number of carbonyl (C=O) groups excluding carboxylic acids is 2. The van der Waals surface area contributed by atoms with Crippen LogP contribution in [0.5, 0.6) is 11.5 Å². The summed E-state index contributed by atoms with van der Waals surface area (Å²) in [6.07, 6.45) is -0.509. The molecule has 9 nitrogen and oxygen atoms in total. The third-order valence-corrected chi connectivity index (χ3v) is 5.24. The minimum absolute atomic E-state index is 0. The van der Waals surface area contributed by atoms with Crippen LogP contribution in [0.15, 0.2) is 59.4 Å². The Labute approximate surface area is 247 Å². The normalized spacial score (nSPS) is 10.8. The number of benzene rings is 2. The number of pyridine rings is 1. The summed E-state index contributed by atoms with van der Waals surface area (Å²) in [6, 6.07) is 13.7. The zero-order valence-electron chi connectivity index (χ0n) is 20.4. The van der Waals surface area contributed by atoms with Gasteiger partial charge in [0.15, 0.2) is 0 Å². The number of anilines is 1. The summed E-state index contributed by atoms with van der Waals surface area (Å²) < 4.78 is 6.48. The Morgan fingerprint density at radius 2 is 1.69 bits per heavy atom. The number of rotatable bonds is 7. The summed E-state index contributed by atoms with van der Waals surface area (Å²) in [5.74, 6) is -1.35. The SMILES string of the molecule is COc1cccc(-c2cccc([C@H](CC(=O)[O-])NC(=O)Nc3c([O-])cc(C)n(C)c3=O)c2)c1.[Na+].[Na+]. The molecule has 3 aromatic rings. The molecule has 0 aliphatic carbocycles. The molecule has 3 rings (SSSR count). The number of amides is 2. The molecule has 35 heavy (non-hydrogen) atoms. The Bertz CT molecular complexity index is 1260. The molecule has 0 spiro atoms. The van der Waals surface area contributed by atoms with Gasteiger partial charge in [-0.2, -0.15) is 0 Å². The van der Waals surface area contributed by atoms with Crippen LogP contribution in [0, 0.1) is 6.92 Å². The number of methoxy groups -OCH3 is 1. The van der Waals surface area contributed by atoms with Crippen LogP contribution in [-0.2, 0) is 11.8 Å². The van der Waals surface area contributed by atoms with E-state index in [0.717, 1.165) is 11.1 Å². The molecule has 2 N–H and O–H groups in total. The monoisotopic (exact) mass is 495 g/mol. The summed E-state index contributed by atoms with van der Waals surface area (Å²) in [6.45, 7) is 1.60. The third-order valence-electron chi connectivity index (χ3n) is 5.24. The molecule has 0 unspecified atom stereocenters.